The van der Waals surface area contributed by atoms with Crippen LogP contribution in [0.25, 0.3) is 28.2 Å². The van der Waals surface area contributed by atoms with E-state index in [1.54, 1.807) is 0 Å². The highest BCUT2D eigenvalue weighted by atomic mass is 35.5. The minimum atomic E-state index is 0.704. The fourth-order valence-corrected chi connectivity index (χ4v) is 3.98. The van der Waals surface area contributed by atoms with Crippen molar-refractivity contribution in [1.82, 2.24) is 4.57 Å². The summed E-state index contributed by atoms with van der Waals surface area (Å²) in [7, 11) is 0. The van der Waals surface area contributed by atoms with Crippen molar-refractivity contribution >= 4 is 23.5 Å². The number of benzene rings is 4. The van der Waals surface area contributed by atoms with Crippen LogP contribution in [-0.2, 0) is 0 Å². The van der Waals surface area contributed by atoms with Gasteiger partial charge in [0.05, 0.1) is 17.1 Å². The zero-order valence-electron chi connectivity index (χ0n) is 17.4. The predicted octanol–water partition coefficient (Wildman–Crippen LogP) is 8.22. The summed E-state index contributed by atoms with van der Waals surface area (Å²) in [6.07, 6.45) is 1.94. The molecule has 0 radical (unpaired) electrons. The molecular formula is C29H21ClN2. The standard InChI is InChI=1S/C29H21ClN2/c30-25-16-18-26(19-17-25)31-21-24-20-28(22-10-4-1-5-11-22)32(27-14-8-3-9-15-27)29(24)23-12-6-2-7-13-23/h1-21H. The Kier molecular flexibility index (Phi) is 5.69. The van der Waals surface area contributed by atoms with Gasteiger partial charge in [-0.3, -0.25) is 4.99 Å². The van der Waals surface area contributed by atoms with Gasteiger partial charge in [-0.05, 0) is 53.6 Å². The fraction of sp³-hybridized carbons (Fsp3) is 0. The van der Waals surface area contributed by atoms with Crippen LogP contribution < -0.4 is 0 Å². The van der Waals surface area contributed by atoms with Crippen LogP contribution in [-0.4, -0.2) is 10.8 Å². The molecule has 0 aliphatic rings. The van der Waals surface area contributed by atoms with Crippen LogP contribution in [0.2, 0.25) is 5.02 Å². The summed E-state index contributed by atoms with van der Waals surface area (Å²) in [5.41, 5.74) is 7.53. The lowest BCUT2D eigenvalue weighted by Gasteiger charge is -2.15. The SMILES string of the molecule is Clc1ccc(N=Cc2cc(-c3ccccc3)n(-c3ccccc3)c2-c2ccccc2)cc1. The van der Waals surface area contributed by atoms with Crippen molar-refractivity contribution in [3.8, 4) is 28.2 Å². The second-order valence-corrected chi connectivity index (χ2v) is 7.91. The van der Waals surface area contributed by atoms with E-state index in [1.807, 2.05) is 48.7 Å². The van der Waals surface area contributed by atoms with Crippen molar-refractivity contribution in [2.45, 2.75) is 0 Å². The summed E-state index contributed by atoms with van der Waals surface area (Å²) in [6, 6.07) is 41.2. The van der Waals surface area contributed by atoms with Gasteiger partial charge in [-0.25, -0.2) is 0 Å². The molecule has 0 atom stereocenters. The van der Waals surface area contributed by atoms with E-state index in [0.717, 1.165) is 39.5 Å². The third-order valence-electron chi connectivity index (χ3n) is 5.34. The van der Waals surface area contributed by atoms with Gasteiger partial charge >= 0.3 is 0 Å². The molecule has 3 heteroatoms. The summed E-state index contributed by atoms with van der Waals surface area (Å²) in [4.78, 5) is 4.75. The molecule has 0 saturated carbocycles. The Balaban J connectivity index is 1.76. The first-order valence-corrected chi connectivity index (χ1v) is 10.9. The lowest BCUT2D eigenvalue weighted by atomic mass is 10.1. The Hall–Kier alpha value is -3.88. The van der Waals surface area contributed by atoms with Crippen LogP contribution in [0.4, 0.5) is 5.69 Å². The van der Waals surface area contributed by atoms with Crippen molar-refractivity contribution < 1.29 is 0 Å². The van der Waals surface area contributed by atoms with E-state index in [-0.39, 0.29) is 0 Å². The van der Waals surface area contributed by atoms with Gasteiger partial charge in [0.2, 0.25) is 0 Å². The Bertz CT molecular complexity index is 1340. The minimum absolute atomic E-state index is 0.704. The molecule has 2 nitrogen and oxygen atoms in total. The molecule has 4 aromatic carbocycles. The second-order valence-electron chi connectivity index (χ2n) is 7.47. The molecule has 154 valence electrons. The van der Waals surface area contributed by atoms with Crippen LogP contribution in [0.15, 0.2) is 126 Å². The topological polar surface area (TPSA) is 17.3 Å². The number of halogens is 1. The van der Waals surface area contributed by atoms with E-state index in [9.17, 15) is 0 Å². The summed E-state index contributed by atoms with van der Waals surface area (Å²) in [5, 5.41) is 0.704. The molecule has 1 heterocycles. The normalized spacial score (nSPS) is 11.2. The first-order chi connectivity index (χ1) is 15.8. The predicted molar refractivity (Wildman–Crippen MR) is 135 cm³/mol. The van der Waals surface area contributed by atoms with Crippen molar-refractivity contribution in [2.24, 2.45) is 4.99 Å². The first-order valence-electron chi connectivity index (χ1n) is 10.5. The van der Waals surface area contributed by atoms with Crippen molar-refractivity contribution in [3.05, 3.63) is 132 Å². The van der Waals surface area contributed by atoms with Crippen molar-refractivity contribution in [3.63, 3.8) is 0 Å². The monoisotopic (exact) mass is 432 g/mol. The number of aliphatic imine (C=N–C) groups is 1. The number of aromatic nitrogens is 1. The Morgan fingerprint density at radius 2 is 1.19 bits per heavy atom. The van der Waals surface area contributed by atoms with E-state index < -0.39 is 0 Å². The average molecular weight is 433 g/mol. The quantitative estimate of drug-likeness (QED) is 0.249. The van der Waals surface area contributed by atoms with Gasteiger partial charge in [-0.2, -0.15) is 0 Å². The molecule has 0 saturated heterocycles. The van der Waals surface area contributed by atoms with Gasteiger partial charge < -0.3 is 4.57 Å². The Morgan fingerprint density at radius 1 is 0.625 bits per heavy atom. The highest BCUT2D eigenvalue weighted by molar-refractivity contribution is 6.30. The molecule has 0 aliphatic carbocycles. The van der Waals surface area contributed by atoms with Crippen LogP contribution in [0.5, 0.6) is 0 Å². The molecule has 32 heavy (non-hydrogen) atoms. The fourth-order valence-electron chi connectivity index (χ4n) is 3.86. The summed E-state index contributed by atoms with van der Waals surface area (Å²) in [5.74, 6) is 0. The molecule has 0 bridgehead atoms. The Morgan fingerprint density at radius 3 is 1.81 bits per heavy atom. The minimum Gasteiger partial charge on any atom is -0.309 e. The zero-order valence-corrected chi connectivity index (χ0v) is 18.2. The summed E-state index contributed by atoms with van der Waals surface area (Å²) >= 11 is 6.04. The summed E-state index contributed by atoms with van der Waals surface area (Å²) < 4.78 is 2.31. The zero-order chi connectivity index (χ0) is 21.8. The molecule has 1 aromatic heterocycles. The molecule has 0 aliphatic heterocycles. The van der Waals surface area contributed by atoms with Crippen LogP contribution in [0.1, 0.15) is 5.56 Å². The Labute approximate surface area is 193 Å². The van der Waals surface area contributed by atoms with Gasteiger partial charge in [-0.1, -0.05) is 90.5 Å². The lowest BCUT2D eigenvalue weighted by Crippen LogP contribution is -2.00. The molecule has 0 amide bonds. The van der Waals surface area contributed by atoms with E-state index in [1.165, 1.54) is 0 Å². The molecule has 5 aromatic rings. The number of hydrogen-bond donors (Lipinski definition) is 0. The lowest BCUT2D eigenvalue weighted by molar-refractivity contribution is 1.09. The third kappa shape index (κ3) is 4.14. The first kappa shape index (κ1) is 20.0. The third-order valence-corrected chi connectivity index (χ3v) is 5.59. The number of nitrogens with zero attached hydrogens (tertiary/aromatic N) is 2. The van der Waals surface area contributed by atoms with Crippen molar-refractivity contribution in [2.75, 3.05) is 0 Å². The molecule has 0 unspecified atom stereocenters. The maximum Gasteiger partial charge on any atom is 0.0630 e. The highest BCUT2D eigenvalue weighted by Crippen LogP contribution is 2.35. The molecular weight excluding hydrogens is 412 g/mol. The molecule has 5 rings (SSSR count). The maximum absolute atomic E-state index is 6.04. The van der Waals surface area contributed by atoms with Gasteiger partial charge in [0.1, 0.15) is 0 Å². The van der Waals surface area contributed by atoms with Crippen LogP contribution in [0, 0.1) is 0 Å². The van der Waals surface area contributed by atoms with Crippen LogP contribution >= 0.6 is 11.6 Å². The van der Waals surface area contributed by atoms with Gasteiger partial charge in [0, 0.05) is 22.5 Å². The number of rotatable bonds is 5. The number of para-hydroxylation sites is 1. The van der Waals surface area contributed by atoms with Crippen LogP contribution in [0.3, 0.4) is 0 Å². The van der Waals surface area contributed by atoms with E-state index >= 15 is 0 Å². The average Bonchev–Trinajstić information content (AvgIpc) is 3.25. The largest absolute Gasteiger partial charge is 0.309 e. The summed E-state index contributed by atoms with van der Waals surface area (Å²) in [6.45, 7) is 0. The van der Waals surface area contributed by atoms with Gasteiger partial charge in [0.15, 0.2) is 0 Å². The molecule has 0 fully saturated rings. The van der Waals surface area contributed by atoms with E-state index in [2.05, 4.69) is 83.4 Å². The molecule has 0 N–H and O–H groups in total. The van der Waals surface area contributed by atoms with E-state index in [0.29, 0.717) is 5.02 Å². The number of hydrogen-bond acceptors (Lipinski definition) is 1. The van der Waals surface area contributed by atoms with Gasteiger partial charge in [-0.15, -0.1) is 0 Å². The molecule has 0 spiro atoms. The maximum atomic E-state index is 6.04. The van der Waals surface area contributed by atoms with E-state index in [4.69, 9.17) is 16.6 Å². The van der Waals surface area contributed by atoms with Crippen molar-refractivity contribution in [1.29, 1.82) is 0 Å². The second kappa shape index (κ2) is 9.09. The smallest absolute Gasteiger partial charge is 0.0630 e. The van der Waals surface area contributed by atoms with Gasteiger partial charge in [0.25, 0.3) is 0 Å². The highest BCUT2D eigenvalue weighted by Gasteiger charge is 2.18.